The lowest BCUT2D eigenvalue weighted by molar-refractivity contribution is -0.119. The van der Waals surface area contributed by atoms with E-state index in [1.807, 2.05) is 0 Å². The average Bonchev–Trinajstić information content (AvgIpc) is 3.32. The molecule has 25 heavy (non-hydrogen) atoms. The topological polar surface area (TPSA) is 59.8 Å². The molecule has 1 aliphatic carbocycles. The predicted octanol–water partition coefficient (Wildman–Crippen LogP) is 4.30. The largest absolute Gasteiger partial charge is 0.353 e. The number of thiophene rings is 1. The number of carbonyl (C=O) groups is 1. The van der Waals surface area contributed by atoms with Gasteiger partial charge in [-0.05, 0) is 31.7 Å². The van der Waals surface area contributed by atoms with Crippen molar-refractivity contribution < 1.29 is 4.79 Å². The lowest BCUT2D eigenvalue weighted by Gasteiger charge is -2.11. The fourth-order valence-corrected chi connectivity index (χ4v) is 4.85. The maximum atomic E-state index is 12.1. The Labute approximate surface area is 157 Å². The minimum atomic E-state index is 0.0988. The number of nitrogens with zero attached hydrogens (tertiary/aromatic N) is 3. The quantitative estimate of drug-likeness (QED) is 0.730. The van der Waals surface area contributed by atoms with Crippen molar-refractivity contribution in [3.05, 3.63) is 16.3 Å². The third-order valence-electron chi connectivity index (χ3n) is 4.53. The first-order valence-corrected chi connectivity index (χ1v) is 10.9. The van der Waals surface area contributed by atoms with Gasteiger partial charge in [0.05, 0.1) is 5.75 Å². The van der Waals surface area contributed by atoms with Crippen molar-refractivity contribution in [3.63, 3.8) is 0 Å². The maximum absolute atomic E-state index is 12.1. The van der Waals surface area contributed by atoms with Crippen molar-refractivity contribution >= 4 is 29.0 Å². The van der Waals surface area contributed by atoms with Crippen molar-refractivity contribution in [2.75, 3.05) is 5.75 Å². The van der Waals surface area contributed by atoms with Crippen LogP contribution in [0.3, 0.4) is 0 Å². The summed E-state index contributed by atoms with van der Waals surface area (Å²) in [7, 11) is 0. The molecule has 0 spiro atoms. The molecular formula is C18H26N4OS2. The molecule has 136 valence electrons. The Morgan fingerprint density at radius 3 is 2.80 bits per heavy atom. The normalized spacial score (nSPS) is 15.2. The first-order chi connectivity index (χ1) is 12.1. The molecule has 0 atom stereocenters. The second kappa shape index (κ2) is 8.36. The average molecular weight is 379 g/mol. The second-order valence-corrected chi connectivity index (χ2v) is 8.67. The molecule has 5 nitrogen and oxygen atoms in total. The molecule has 0 bridgehead atoms. The standard InChI is InChI=1S/C18H26N4OS2/c1-4-22-17(13-9-15(12(2)3)24-10-13)20-21-18(22)25-11-16(23)19-14-7-5-6-8-14/h9-10,12,14H,4-8,11H2,1-3H3,(H,19,23). The first kappa shape index (κ1) is 18.5. The van der Waals surface area contributed by atoms with Gasteiger partial charge in [0.2, 0.25) is 5.91 Å². The number of rotatable bonds is 7. The fraction of sp³-hybridized carbons (Fsp3) is 0.611. The molecule has 7 heteroatoms. The predicted molar refractivity (Wildman–Crippen MR) is 104 cm³/mol. The van der Waals surface area contributed by atoms with Crippen LogP contribution in [0.1, 0.15) is 57.2 Å². The van der Waals surface area contributed by atoms with Gasteiger partial charge < -0.3 is 9.88 Å². The number of nitrogens with one attached hydrogen (secondary N) is 1. The van der Waals surface area contributed by atoms with Crippen molar-refractivity contribution in [1.29, 1.82) is 0 Å². The van der Waals surface area contributed by atoms with Crippen LogP contribution in [0.2, 0.25) is 0 Å². The minimum Gasteiger partial charge on any atom is -0.353 e. The van der Waals surface area contributed by atoms with E-state index in [1.165, 1.54) is 29.5 Å². The van der Waals surface area contributed by atoms with Gasteiger partial charge >= 0.3 is 0 Å². The summed E-state index contributed by atoms with van der Waals surface area (Å²) in [6.07, 6.45) is 4.68. The zero-order valence-corrected chi connectivity index (χ0v) is 16.8. The van der Waals surface area contributed by atoms with Crippen LogP contribution in [0.4, 0.5) is 0 Å². The van der Waals surface area contributed by atoms with Crippen LogP contribution in [0, 0.1) is 0 Å². The lowest BCUT2D eigenvalue weighted by atomic mass is 10.1. The Balaban J connectivity index is 1.65. The number of thioether (sulfide) groups is 1. The Kier molecular flexibility index (Phi) is 6.17. The van der Waals surface area contributed by atoms with Gasteiger partial charge in [-0.3, -0.25) is 4.79 Å². The Hall–Kier alpha value is -1.34. The van der Waals surface area contributed by atoms with E-state index in [9.17, 15) is 4.79 Å². The SMILES string of the molecule is CCn1c(SCC(=O)NC2CCCC2)nnc1-c1csc(C(C)C)c1. The summed E-state index contributed by atoms with van der Waals surface area (Å²) < 4.78 is 2.10. The summed E-state index contributed by atoms with van der Waals surface area (Å²) in [6.45, 7) is 7.28. The summed E-state index contributed by atoms with van der Waals surface area (Å²) >= 11 is 3.24. The molecule has 2 heterocycles. The van der Waals surface area contributed by atoms with Crippen molar-refractivity contribution in [3.8, 4) is 11.4 Å². The Bertz CT molecular complexity index is 716. The van der Waals surface area contributed by atoms with Gasteiger partial charge in [-0.2, -0.15) is 0 Å². The molecule has 2 aromatic heterocycles. The highest BCUT2D eigenvalue weighted by molar-refractivity contribution is 7.99. The lowest BCUT2D eigenvalue weighted by Crippen LogP contribution is -2.33. The monoisotopic (exact) mass is 378 g/mol. The summed E-state index contributed by atoms with van der Waals surface area (Å²) in [4.78, 5) is 13.5. The molecule has 0 saturated heterocycles. The summed E-state index contributed by atoms with van der Waals surface area (Å²) in [5.41, 5.74) is 1.12. The third kappa shape index (κ3) is 4.44. The fourth-order valence-electron chi connectivity index (χ4n) is 3.14. The Morgan fingerprint density at radius 2 is 2.16 bits per heavy atom. The van der Waals surface area contributed by atoms with E-state index in [0.29, 0.717) is 17.7 Å². The number of hydrogen-bond acceptors (Lipinski definition) is 5. The van der Waals surface area contributed by atoms with E-state index in [-0.39, 0.29) is 5.91 Å². The van der Waals surface area contributed by atoms with Crippen molar-refractivity contribution in [2.45, 2.75) is 70.1 Å². The van der Waals surface area contributed by atoms with E-state index in [0.717, 1.165) is 35.9 Å². The number of hydrogen-bond donors (Lipinski definition) is 1. The molecule has 0 aliphatic heterocycles. The van der Waals surface area contributed by atoms with E-state index in [2.05, 4.69) is 52.3 Å². The highest BCUT2D eigenvalue weighted by Gasteiger charge is 2.19. The number of aromatic nitrogens is 3. The smallest absolute Gasteiger partial charge is 0.230 e. The first-order valence-electron chi connectivity index (χ1n) is 9.02. The molecule has 0 unspecified atom stereocenters. The molecule has 0 aromatic carbocycles. The van der Waals surface area contributed by atoms with Gasteiger partial charge in [-0.1, -0.05) is 38.5 Å². The molecule has 1 saturated carbocycles. The zero-order chi connectivity index (χ0) is 17.8. The van der Waals surface area contributed by atoms with E-state index in [1.54, 1.807) is 11.3 Å². The van der Waals surface area contributed by atoms with Gasteiger partial charge in [0.15, 0.2) is 11.0 Å². The summed E-state index contributed by atoms with van der Waals surface area (Å²) in [5.74, 6) is 1.91. The van der Waals surface area contributed by atoms with Crippen LogP contribution >= 0.6 is 23.1 Å². The van der Waals surface area contributed by atoms with Crippen LogP contribution in [0.5, 0.6) is 0 Å². The third-order valence-corrected chi connectivity index (χ3v) is 6.73. The van der Waals surface area contributed by atoms with Gasteiger partial charge in [-0.25, -0.2) is 0 Å². The van der Waals surface area contributed by atoms with E-state index < -0.39 is 0 Å². The van der Waals surface area contributed by atoms with Crippen LogP contribution < -0.4 is 5.32 Å². The molecule has 2 aromatic rings. The molecule has 1 aliphatic rings. The van der Waals surface area contributed by atoms with Crippen molar-refractivity contribution in [1.82, 2.24) is 20.1 Å². The van der Waals surface area contributed by atoms with Crippen LogP contribution in [0.25, 0.3) is 11.4 Å². The van der Waals surface area contributed by atoms with E-state index >= 15 is 0 Å². The van der Waals surface area contributed by atoms with Crippen LogP contribution in [0.15, 0.2) is 16.6 Å². The highest BCUT2D eigenvalue weighted by Crippen LogP contribution is 2.31. The molecule has 1 N–H and O–H groups in total. The minimum absolute atomic E-state index is 0.0988. The molecule has 1 fully saturated rings. The zero-order valence-electron chi connectivity index (χ0n) is 15.1. The molecule has 0 radical (unpaired) electrons. The molecular weight excluding hydrogens is 352 g/mol. The van der Waals surface area contributed by atoms with Gasteiger partial charge in [-0.15, -0.1) is 21.5 Å². The summed E-state index contributed by atoms with van der Waals surface area (Å²) in [6, 6.07) is 2.57. The van der Waals surface area contributed by atoms with Gasteiger partial charge in [0.1, 0.15) is 0 Å². The van der Waals surface area contributed by atoms with E-state index in [4.69, 9.17) is 0 Å². The molecule has 1 amide bonds. The summed E-state index contributed by atoms with van der Waals surface area (Å²) in [5, 5.41) is 14.8. The second-order valence-electron chi connectivity index (χ2n) is 6.78. The van der Waals surface area contributed by atoms with Crippen molar-refractivity contribution in [2.24, 2.45) is 0 Å². The van der Waals surface area contributed by atoms with Gasteiger partial charge in [0.25, 0.3) is 0 Å². The number of amides is 1. The van der Waals surface area contributed by atoms with Crippen LogP contribution in [-0.2, 0) is 11.3 Å². The molecule has 3 rings (SSSR count). The van der Waals surface area contributed by atoms with Crippen LogP contribution in [-0.4, -0.2) is 32.5 Å². The number of carbonyl (C=O) groups excluding carboxylic acids is 1. The Morgan fingerprint density at radius 1 is 1.40 bits per heavy atom. The maximum Gasteiger partial charge on any atom is 0.230 e. The van der Waals surface area contributed by atoms with Gasteiger partial charge in [0, 0.05) is 28.4 Å². The highest BCUT2D eigenvalue weighted by atomic mass is 32.2.